The van der Waals surface area contributed by atoms with E-state index in [0.29, 0.717) is 12.4 Å². The van der Waals surface area contributed by atoms with Crippen LogP contribution < -0.4 is 5.73 Å². The molecule has 0 atom stereocenters. The Labute approximate surface area is 66.7 Å². The Kier molecular flexibility index (Phi) is 2.96. The summed E-state index contributed by atoms with van der Waals surface area (Å²) in [5.74, 6) is 0.673. The van der Waals surface area contributed by atoms with Crippen LogP contribution in [0.1, 0.15) is 12.8 Å². The van der Waals surface area contributed by atoms with Gasteiger partial charge >= 0.3 is 0 Å². The predicted molar refractivity (Wildman–Crippen MR) is 42.3 cm³/mol. The molecule has 0 aromatic heterocycles. The zero-order valence-electron chi connectivity index (χ0n) is 6.11. The molecule has 0 bridgehead atoms. The molecule has 0 unspecified atom stereocenters. The van der Waals surface area contributed by atoms with Gasteiger partial charge in [-0.05, 0) is 19.4 Å². The number of hydrogen-bond acceptors (Lipinski definition) is 2. The van der Waals surface area contributed by atoms with Crippen molar-refractivity contribution in [3.05, 3.63) is 0 Å². The Morgan fingerprint density at radius 1 is 1.40 bits per heavy atom. The highest BCUT2D eigenvalue weighted by atomic mass is 35.5. The minimum atomic E-state index is 0.180. The highest BCUT2D eigenvalue weighted by Gasteiger charge is 2.29. The molecule has 0 amide bonds. The summed E-state index contributed by atoms with van der Waals surface area (Å²) in [6, 6.07) is 0. The first-order chi connectivity index (χ1) is 4.83. The zero-order chi connectivity index (χ0) is 7.45. The van der Waals surface area contributed by atoms with Crippen molar-refractivity contribution in [1.29, 1.82) is 0 Å². The lowest BCUT2D eigenvalue weighted by molar-refractivity contribution is 0.0297. The molecule has 0 aliphatic carbocycles. The van der Waals surface area contributed by atoms with Crippen LogP contribution >= 0.6 is 11.6 Å². The smallest absolute Gasteiger partial charge is 0.0472 e. The Morgan fingerprint density at radius 3 is 2.30 bits per heavy atom. The van der Waals surface area contributed by atoms with Crippen molar-refractivity contribution in [3.8, 4) is 0 Å². The Hall–Kier alpha value is 0.210. The molecular weight excluding hydrogens is 150 g/mol. The highest BCUT2D eigenvalue weighted by molar-refractivity contribution is 6.18. The van der Waals surface area contributed by atoms with E-state index in [-0.39, 0.29) is 5.41 Å². The Bertz CT molecular complexity index is 95.8. The van der Waals surface area contributed by atoms with Crippen molar-refractivity contribution in [2.45, 2.75) is 12.8 Å². The molecule has 1 aliphatic heterocycles. The van der Waals surface area contributed by atoms with E-state index in [1.807, 2.05) is 0 Å². The third kappa shape index (κ3) is 1.62. The molecule has 0 aromatic carbocycles. The molecule has 1 fully saturated rings. The van der Waals surface area contributed by atoms with Crippen molar-refractivity contribution >= 4 is 11.6 Å². The van der Waals surface area contributed by atoms with Crippen molar-refractivity contribution in [1.82, 2.24) is 0 Å². The molecule has 2 N–H and O–H groups in total. The molecule has 1 rings (SSSR count). The van der Waals surface area contributed by atoms with Crippen LogP contribution in [0.3, 0.4) is 0 Å². The van der Waals surface area contributed by atoms with Crippen LogP contribution in [0.5, 0.6) is 0 Å². The average Bonchev–Trinajstić information content (AvgIpc) is 2.06. The molecule has 0 spiro atoms. The van der Waals surface area contributed by atoms with Gasteiger partial charge in [0.15, 0.2) is 0 Å². The first kappa shape index (κ1) is 8.31. The molecule has 3 heteroatoms. The lowest BCUT2D eigenvalue weighted by atomic mass is 9.82. The lowest BCUT2D eigenvalue weighted by Gasteiger charge is -2.33. The van der Waals surface area contributed by atoms with Gasteiger partial charge in [-0.1, -0.05) is 0 Å². The minimum absolute atomic E-state index is 0.180. The number of halogens is 1. The largest absolute Gasteiger partial charge is 0.381 e. The van der Waals surface area contributed by atoms with Gasteiger partial charge in [-0.3, -0.25) is 0 Å². The van der Waals surface area contributed by atoms with Crippen LogP contribution in [0.2, 0.25) is 0 Å². The van der Waals surface area contributed by atoms with Crippen LogP contribution in [-0.4, -0.2) is 25.6 Å². The summed E-state index contributed by atoms with van der Waals surface area (Å²) >= 11 is 5.80. The van der Waals surface area contributed by atoms with Gasteiger partial charge in [-0.2, -0.15) is 0 Å². The van der Waals surface area contributed by atoms with Gasteiger partial charge in [-0.25, -0.2) is 0 Å². The maximum atomic E-state index is 5.80. The summed E-state index contributed by atoms with van der Waals surface area (Å²) in [5, 5.41) is 0. The normalized spacial score (nSPS) is 24.6. The van der Waals surface area contributed by atoms with E-state index in [0.717, 1.165) is 26.1 Å². The van der Waals surface area contributed by atoms with Crippen molar-refractivity contribution < 1.29 is 4.74 Å². The molecule has 0 radical (unpaired) electrons. The molecule has 2 nitrogen and oxygen atoms in total. The standard InChI is InChI=1S/C7H14ClNO/c8-5-7(6-9)1-3-10-4-2-7/h1-6,9H2. The summed E-state index contributed by atoms with van der Waals surface area (Å²) in [4.78, 5) is 0. The fourth-order valence-electron chi connectivity index (χ4n) is 1.20. The fourth-order valence-corrected chi connectivity index (χ4v) is 1.57. The quantitative estimate of drug-likeness (QED) is 0.616. The molecule has 1 aliphatic rings. The molecule has 1 heterocycles. The van der Waals surface area contributed by atoms with Gasteiger partial charge in [0.25, 0.3) is 0 Å². The molecule has 0 saturated carbocycles. The topological polar surface area (TPSA) is 35.2 Å². The first-order valence-electron chi connectivity index (χ1n) is 3.67. The van der Waals surface area contributed by atoms with Gasteiger partial charge in [-0.15, -0.1) is 11.6 Å². The number of rotatable bonds is 2. The number of hydrogen-bond donors (Lipinski definition) is 1. The van der Waals surface area contributed by atoms with Crippen LogP contribution in [0, 0.1) is 5.41 Å². The predicted octanol–water partition coefficient (Wildman–Crippen LogP) is 0.981. The average molecular weight is 164 g/mol. The Balaban J connectivity index is 2.44. The summed E-state index contributed by atoms with van der Waals surface area (Å²) in [6.45, 7) is 2.34. The first-order valence-corrected chi connectivity index (χ1v) is 4.20. The van der Waals surface area contributed by atoms with E-state index >= 15 is 0 Å². The number of alkyl halides is 1. The third-order valence-electron chi connectivity index (χ3n) is 2.27. The summed E-state index contributed by atoms with van der Waals surface area (Å²) in [5.41, 5.74) is 5.79. The van der Waals surface area contributed by atoms with E-state index < -0.39 is 0 Å². The number of nitrogens with two attached hydrogens (primary N) is 1. The second-order valence-electron chi connectivity index (χ2n) is 2.95. The molecule has 60 valence electrons. The van der Waals surface area contributed by atoms with Gasteiger partial charge < -0.3 is 10.5 Å². The summed E-state index contributed by atoms with van der Waals surface area (Å²) < 4.78 is 5.21. The van der Waals surface area contributed by atoms with E-state index in [1.54, 1.807) is 0 Å². The van der Waals surface area contributed by atoms with E-state index in [1.165, 1.54) is 0 Å². The van der Waals surface area contributed by atoms with E-state index in [2.05, 4.69) is 0 Å². The van der Waals surface area contributed by atoms with Crippen molar-refractivity contribution in [3.63, 3.8) is 0 Å². The van der Waals surface area contributed by atoms with Crippen LogP contribution in [-0.2, 0) is 4.74 Å². The summed E-state index contributed by atoms with van der Waals surface area (Å²) in [7, 11) is 0. The summed E-state index contributed by atoms with van der Waals surface area (Å²) in [6.07, 6.45) is 2.04. The lowest BCUT2D eigenvalue weighted by Crippen LogP contribution is -2.38. The molecule has 10 heavy (non-hydrogen) atoms. The fraction of sp³-hybridized carbons (Fsp3) is 1.00. The molecule has 1 saturated heterocycles. The molecular formula is C7H14ClNO. The molecule has 0 aromatic rings. The second-order valence-corrected chi connectivity index (χ2v) is 3.22. The SMILES string of the molecule is NCC1(CCl)CCOCC1. The van der Waals surface area contributed by atoms with Crippen LogP contribution in [0.15, 0.2) is 0 Å². The second kappa shape index (κ2) is 3.56. The van der Waals surface area contributed by atoms with Gasteiger partial charge in [0, 0.05) is 24.5 Å². The van der Waals surface area contributed by atoms with E-state index in [4.69, 9.17) is 22.1 Å². The minimum Gasteiger partial charge on any atom is -0.381 e. The maximum Gasteiger partial charge on any atom is 0.0472 e. The van der Waals surface area contributed by atoms with Crippen LogP contribution in [0.25, 0.3) is 0 Å². The van der Waals surface area contributed by atoms with Crippen LogP contribution in [0.4, 0.5) is 0 Å². The van der Waals surface area contributed by atoms with E-state index in [9.17, 15) is 0 Å². The number of ether oxygens (including phenoxy) is 1. The monoisotopic (exact) mass is 163 g/mol. The van der Waals surface area contributed by atoms with Gasteiger partial charge in [0.2, 0.25) is 0 Å². The highest BCUT2D eigenvalue weighted by Crippen LogP contribution is 2.30. The van der Waals surface area contributed by atoms with Crippen molar-refractivity contribution in [2.24, 2.45) is 11.1 Å². The third-order valence-corrected chi connectivity index (χ3v) is 2.84. The van der Waals surface area contributed by atoms with Gasteiger partial charge in [0.1, 0.15) is 0 Å². The maximum absolute atomic E-state index is 5.80. The zero-order valence-corrected chi connectivity index (χ0v) is 6.86. The van der Waals surface area contributed by atoms with Crippen molar-refractivity contribution in [2.75, 3.05) is 25.6 Å². The van der Waals surface area contributed by atoms with Gasteiger partial charge in [0.05, 0.1) is 0 Å². The Morgan fingerprint density at radius 2 is 2.00 bits per heavy atom.